The lowest BCUT2D eigenvalue weighted by molar-refractivity contribution is -0.122. The maximum absolute atomic E-state index is 11.9. The van der Waals surface area contributed by atoms with Crippen LogP contribution < -0.4 is 10.1 Å². The summed E-state index contributed by atoms with van der Waals surface area (Å²) in [6, 6.07) is 14.5. The molecule has 1 saturated carbocycles. The monoisotopic (exact) mass is 405 g/mol. The minimum absolute atomic E-state index is 0.196. The molecule has 0 atom stereocenters. The third kappa shape index (κ3) is 4.84. The first-order valence-corrected chi connectivity index (χ1v) is 11.0. The van der Waals surface area contributed by atoms with E-state index in [1.54, 1.807) is 0 Å². The summed E-state index contributed by atoms with van der Waals surface area (Å²) in [5.41, 5.74) is 4.56. The molecule has 1 aliphatic rings. The lowest BCUT2D eigenvalue weighted by Gasteiger charge is -2.13. The van der Waals surface area contributed by atoms with Gasteiger partial charge in [0.25, 0.3) is 0 Å². The Labute approximate surface area is 178 Å². The van der Waals surface area contributed by atoms with E-state index < -0.39 is 0 Å². The van der Waals surface area contributed by atoms with E-state index >= 15 is 0 Å². The van der Waals surface area contributed by atoms with Gasteiger partial charge in [-0.25, -0.2) is 4.98 Å². The van der Waals surface area contributed by atoms with Crippen molar-refractivity contribution in [3.05, 3.63) is 59.4 Å². The Bertz CT molecular complexity index is 1000. The summed E-state index contributed by atoms with van der Waals surface area (Å²) in [6.07, 6.45) is 4.83. The van der Waals surface area contributed by atoms with Gasteiger partial charge in [0.2, 0.25) is 5.91 Å². The molecule has 158 valence electrons. The number of hydrogen-bond acceptors (Lipinski definition) is 3. The van der Waals surface area contributed by atoms with Crippen LogP contribution >= 0.6 is 0 Å². The van der Waals surface area contributed by atoms with Crippen LogP contribution in [-0.4, -0.2) is 28.6 Å². The molecule has 2 aromatic carbocycles. The molecule has 1 amide bonds. The molecule has 1 heterocycles. The van der Waals surface area contributed by atoms with Gasteiger partial charge in [-0.05, 0) is 62.8 Å². The van der Waals surface area contributed by atoms with Gasteiger partial charge in [-0.2, -0.15) is 0 Å². The fourth-order valence-corrected chi connectivity index (χ4v) is 3.93. The summed E-state index contributed by atoms with van der Waals surface area (Å²) in [5.74, 6) is 2.50. The molecule has 1 aromatic heterocycles. The van der Waals surface area contributed by atoms with E-state index in [0.29, 0.717) is 13.2 Å². The minimum Gasteiger partial charge on any atom is -0.493 e. The van der Waals surface area contributed by atoms with Gasteiger partial charge < -0.3 is 14.6 Å². The fourth-order valence-electron chi connectivity index (χ4n) is 3.93. The lowest BCUT2D eigenvalue weighted by Crippen LogP contribution is -2.27. The predicted octanol–water partition coefficient (Wildman–Crippen LogP) is 4.58. The van der Waals surface area contributed by atoms with Crippen molar-refractivity contribution >= 4 is 16.9 Å². The van der Waals surface area contributed by atoms with Crippen LogP contribution in [0, 0.1) is 19.8 Å². The van der Waals surface area contributed by atoms with E-state index in [-0.39, 0.29) is 11.8 Å². The zero-order chi connectivity index (χ0) is 20.9. The predicted molar refractivity (Wildman–Crippen MR) is 120 cm³/mol. The maximum atomic E-state index is 11.9. The molecule has 0 bridgehead atoms. The van der Waals surface area contributed by atoms with E-state index in [0.717, 1.165) is 61.3 Å². The maximum Gasteiger partial charge on any atom is 0.223 e. The summed E-state index contributed by atoms with van der Waals surface area (Å²) in [7, 11) is 0. The first-order valence-electron chi connectivity index (χ1n) is 11.0. The molecule has 0 saturated heterocycles. The first kappa shape index (κ1) is 20.5. The Hall–Kier alpha value is -2.82. The van der Waals surface area contributed by atoms with Crippen LogP contribution in [0.15, 0.2) is 42.5 Å². The van der Waals surface area contributed by atoms with Crippen molar-refractivity contribution in [2.45, 2.75) is 52.5 Å². The van der Waals surface area contributed by atoms with Crippen LogP contribution in [0.4, 0.5) is 0 Å². The van der Waals surface area contributed by atoms with E-state index in [4.69, 9.17) is 9.72 Å². The molecule has 0 spiro atoms. The average molecular weight is 406 g/mol. The van der Waals surface area contributed by atoms with E-state index in [2.05, 4.69) is 60.1 Å². The van der Waals surface area contributed by atoms with Crippen molar-refractivity contribution < 1.29 is 9.53 Å². The number of para-hydroxylation sites is 3. The number of carbonyl (C=O) groups is 1. The summed E-state index contributed by atoms with van der Waals surface area (Å²) in [5, 5.41) is 3.06. The Kier molecular flexibility index (Phi) is 6.36. The number of aryl methyl sites for hydroxylation is 3. The zero-order valence-corrected chi connectivity index (χ0v) is 18.0. The second kappa shape index (κ2) is 9.33. The van der Waals surface area contributed by atoms with Gasteiger partial charge in [0, 0.05) is 25.4 Å². The number of nitrogens with one attached hydrogen (secondary N) is 1. The number of fused-ring (bicyclic) bond motifs is 1. The van der Waals surface area contributed by atoms with E-state index in [9.17, 15) is 4.79 Å². The van der Waals surface area contributed by atoms with Gasteiger partial charge in [-0.1, -0.05) is 30.3 Å². The fraction of sp³-hybridized carbons (Fsp3) is 0.440. The SMILES string of the molecule is Cc1cccc(C)c1OCCCCn1c(CCNC(=O)C2CC2)nc2ccccc21. The molecule has 3 aromatic rings. The number of aromatic nitrogens is 2. The average Bonchev–Trinajstić information content (AvgIpc) is 3.53. The summed E-state index contributed by atoms with van der Waals surface area (Å²) < 4.78 is 8.36. The number of unbranched alkanes of at least 4 members (excludes halogenated alkanes) is 1. The highest BCUT2D eigenvalue weighted by molar-refractivity contribution is 5.80. The van der Waals surface area contributed by atoms with Crippen molar-refractivity contribution in [3.63, 3.8) is 0 Å². The second-order valence-electron chi connectivity index (χ2n) is 8.26. The molecule has 1 fully saturated rings. The molecule has 4 rings (SSSR count). The third-order valence-electron chi connectivity index (χ3n) is 5.76. The summed E-state index contributed by atoms with van der Waals surface area (Å²) in [6.45, 7) is 6.45. The molecular weight excluding hydrogens is 374 g/mol. The van der Waals surface area contributed by atoms with Gasteiger partial charge in [-0.3, -0.25) is 4.79 Å². The first-order chi connectivity index (χ1) is 14.6. The lowest BCUT2D eigenvalue weighted by atomic mass is 10.1. The molecule has 0 unspecified atom stereocenters. The standard InChI is InChI=1S/C25H31N3O2/c1-18-8-7-9-19(2)24(18)30-17-6-5-16-28-22-11-4-3-10-21(22)27-23(28)14-15-26-25(29)20-12-13-20/h3-4,7-11,20H,5-6,12-17H2,1-2H3,(H,26,29). The highest BCUT2D eigenvalue weighted by atomic mass is 16.5. The Morgan fingerprint density at radius 3 is 2.63 bits per heavy atom. The molecule has 1 N–H and O–H groups in total. The van der Waals surface area contributed by atoms with Crippen LogP contribution in [-0.2, 0) is 17.8 Å². The molecule has 1 aliphatic carbocycles. The van der Waals surface area contributed by atoms with Crippen molar-refractivity contribution in [1.82, 2.24) is 14.9 Å². The number of imidazole rings is 1. The van der Waals surface area contributed by atoms with Crippen molar-refractivity contribution in [2.24, 2.45) is 5.92 Å². The molecule has 5 heteroatoms. The Morgan fingerprint density at radius 2 is 1.87 bits per heavy atom. The molecule has 0 aliphatic heterocycles. The van der Waals surface area contributed by atoms with E-state index in [1.165, 1.54) is 11.1 Å². The van der Waals surface area contributed by atoms with Gasteiger partial charge in [0.15, 0.2) is 0 Å². The Morgan fingerprint density at radius 1 is 1.10 bits per heavy atom. The summed E-state index contributed by atoms with van der Waals surface area (Å²) in [4.78, 5) is 16.7. The quantitative estimate of drug-likeness (QED) is 0.502. The molecule has 0 radical (unpaired) electrons. The minimum atomic E-state index is 0.196. The largest absolute Gasteiger partial charge is 0.493 e. The van der Waals surface area contributed by atoms with Crippen LogP contribution in [0.2, 0.25) is 0 Å². The van der Waals surface area contributed by atoms with Crippen molar-refractivity contribution in [1.29, 1.82) is 0 Å². The highest BCUT2D eigenvalue weighted by Gasteiger charge is 2.29. The van der Waals surface area contributed by atoms with Crippen molar-refractivity contribution in [3.8, 4) is 5.75 Å². The number of ether oxygens (including phenoxy) is 1. The molecular formula is C25H31N3O2. The number of benzene rings is 2. The summed E-state index contributed by atoms with van der Waals surface area (Å²) >= 11 is 0. The normalized spacial score (nSPS) is 13.5. The number of rotatable bonds is 10. The second-order valence-corrected chi connectivity index (χ2v) is 8.26. The number of carbonyl (C=O) groups excluding carboxylic acids is 1. The Balaban J connectivity index is 1.33. The smallest absolute Gasteiger partial charge is 0.223 e. The van der Waals surface area contributed by atoms with Crippen molar-refractivity contribution in [2.75, 3.05) is 13.2 Å². The third-order valence-corrected chi connectivity index (χ3v) is 5.76. The molecule has 30 heavy (non-hydrogen) atoms. The van der Waals surface area contributed by atoms with E-state index in [1.807, 2.05) is 6.07 Å². The topological polar surface area (TPSA) is 56.1 Å². The van der Waals surface area contributed by atoms with Gasteiger partial charge >= 0.3 is 0 Å². The van der Waals surface area contributed by atoms with Crippen LogP contribution in [0.3, 0.4) is 0 Å². The van der Waals surface area contributed by atoms with Crippen LogP contribution in [0.25, 0.3) is 11.0 Å². The molecule has 5 nitrogen and oxygen atoms in total. The van der Waals surface area contributed by atoms with Crippen LogP contribution in [0.5, 0.6) is 5.75 Å². The number of hydrogen-bond donors (Lipinski definition) is 1. The highest BCUT2D eigenvalue weighted by Crippen LogP contribution is 2.28. The van der Waals surface area contributed by atoms with Crippen LogP contribution in [0.1, 0.15) is 42.6 Å². The number of nitrogens with zero attached hydrogens (tertiary/aromatic N) is 2. The van der Waals surface area contributed by atoms with Gasteiger partial charge in [-0.15, -0.1) is 0 Å². The number of amides is 1. The van der Waals surface area contributed by atoms with Gasteiger partial charge in [0.05, 0.1) is 17.6 Å². The zero-order valence-electron chi connectivity index (χ0n) is 18.0. The van der Waals surface area contributed by atoms with Gasteiger partial charge in [0.1, 0.15) is 11.6 Å².